The third-order valence-corrected chi connectivity index (χ3v) is 14.7. The van der Waals surface area contributed by atoms with Gasteiger partial charge in [0.05, 0.1) is 46.2 Å². The Morgan fingerprint density at radius 3 is 2.22 bits per heavy atom. The normalized spacial score (nSPS) is 17.9. The van der Waals surface area contributed by atoms with Crippen LogP contribution in [0.25, 0.3) is 21.6 Å². The van der Waals surface area contributed by atoms with E-state index < -0.39 is 64.3 Å². The number of β-amino-alcohol motifs (C(OH)–C–C–N with tert-alkyl or cyclic N) is 1. The molecule has 1 aliphatic carbocycles. The SMILES string of the molecule is Cc1ncsc1-c1ccc(CNC(=O)C2C[C@@H](O)CN2C(=O)[C@@H](NC(=O)COCCCCOc2ccc(-c3ccc(N4C(=S)N(c5cnc(C#N)c(C(F)(F)F)c5)C(=O)C45CCC5)cc3)cc2)C(C)(C)C)cc1. The number of aliphatic hydroxyl groups excluding tert-OH is 1. The number of hydrogen-bond donors (Lipinski definition) is 3. The number of carbonyl (C=O) groups is 4. The maximum absolute atomic E-state index is 14.0. The zero-order valence-electron chi connectivity index (χ0n) is 40.7. The van der Waals surface area contributed by atoms with Gasteiger partial charge in [-0.2, -0.15) is 18.4 Å². The number of nitriles is 1. The van der Waals surface area contributed by atoms with Crippen molar-refractivity contribution in [1.29, 1.82) is 5.26 Å². The maximum Gasteiger partial charge on any atom is 0.419 e. The molecule has 0 radical (unpaired) electrons. The second-order valence-electron chi connectivity index (χ2n) is 19.5. The summed E-state index contributed by atoms with van der Waals surface area (Å²) in [4.78, 5) is 67.7. The number of pyridine rings is 1. The lowest BCUT2D eigenvalue weighted by Gasteiger charge is -2.43. The first-order valence-corrected chi connectivity index (χ1v) is 25.2. The summed E-state index contributed by atoms with van der Waals surface area (Å²) in [6.45, 7) is 8.01. The van der Waals surface area contributed by atoms with Gasteiger partial charge >= 0.3 is 6.18 Å². The van der Waals surface area contributed by atoms with E-state index in [1.165, 1.54) is 11.0 Å². The number of hydrogen-bond acceptors (Lipinski definition) is 12. The summed E-state index contributed by atoms with van der Waals surface area (Å²) < 4.78 is 53.0. The number of ether oxygens (including phenoxy) is 2. The lowest BCUT2D eigenvalue weighted by molar-refractivity contribution is -0.144. The van der Waals surface area contributed by atoms with Gasteiger partial charge in [0.15, 0.2) is 10.8 Å². The monoisotopic (exact) mass is 1040 g/mol. The molecule has 1 saturated carbocycles. The number of amides is 4. The fourth-order valence-electron chi connectivity index (χ4n) is 9.28. The van der Waals surface area contributed by atoms with Gasteiger partial charge in [0.2, 0.25) is 17.7 Å². The van der Waals surface area contributed by atoms with Crippen LogP contribution in [0.1, 0.15) is 81.8 Å². The molecular formula is C53H55F3N8O7S2. The fourth-order valence-corrected chi connectivity index (χ4v) is 10.6. The zero-order valence-corrected chi connectivity index (χ0v) is 42.3. The first-order valence-electron chi connectivity index (χ1n) is 23.9. The molecule has 1 unspecified atom stereocenters. The number of thiocarbonyl (C=S) groups is 1. The number of nitrogens with one attached hydrogen (secondary N) is 2. The number of aromatic nitrogens is 2. The summed E-state index contributed by atoms with van der Waals surface area (Å²) in [5.74, 6) is -1.12. The van der Waals surface area contributed by atoms with E-state index in [9.17, 15) is 42.7 Å². The lowest BCUT2D eigenvalue weighted by Crippen LogP contribution is -2.58. The molecule has 4 amide bonds. The van der Waals surface area contributed by atoms with E-state index in [4.69, 9.17) is 21.7 Å². The number of carbonyl (C=O) groups excluding carboxylic acids is 4. The van der Waals surface area contributed by atoms with E-state index in [0.29, 0.717) is 43.7 Å². The van der Waals surface area contributed by atoms with Crippen LogP contribution in [-0.2, 0) is 36.6 Å². The summed E-state index contributed by atoms with van der Waals surface area (Å²) in [6, 6.07) is 23.0. The first-order chi connectivity index (χ1) is 34.8. The second kappa shape index (κ2) is 21.7. The third-order valence-electron chi connectivity index (χ3n) is 13.3. The molecule has 2 aliphatic heterocycles. The number of benzene rings is 3. The van der Waals surface area contributed by atoms with Gasteiger partial charge in [-0.25, -0.2) is 9.97 Å². The quantitative estimate of drug-likeness (QED) is 0.0600. The van der Waals surface area contributed by atoms with Gasteiger partial charge in [0.25, 0.3) is 5.91 Å². The van der Waals surface area contributed by atoms with Crippen molar-refractivity contribution in [2.75, 3.05) is 36.2 Å². The number of alkyl halides is 3. The second-order valence-corrected chi connectivity index (χ2v) is 20.7. The zero-order chi connectivity index (χ0) is 52.2. The van der Waals surface area contributed by atoms with E-state index in [1.807, 2.05) is 100 Å². The van der Waals surface area contributed by atoms with E-state index in [2.05, 4.69) is 20.6 Å². The summed E-state index contributed by atoms with van der Waals surface area (Å²) in [5, 5.41) is 25.6. The van der Waals surface area contributed by atoms with Crippen LogP contribution in [-0.4, -0.2) is 98.8 Å². The third kappa shape index (κ3) is 11.4. The molecule has 4 heterocycles. The van der Waals surface area contributed by atoms with Crippen LogP contribution in [0.4, 0.5) is 24.5 Å². The van der Waals surface area contributed by atoms with Crippen molar-refractivity contribution >= 4 is 63.7 Å². The Hall–Kier alpha value is -6.79. The Bertz CT molecular complexity index is 2900. The molecule has 8 rings (SSSR count). The number of rotatable bonds is 17. The summed E-state index contributed by atoms with van der Waals surface area (Å²) in [5.41, 5.74) is 3.11. The van der Waals surface area contributed by atoms with Gasteiger partial charge in [-0.1, -0.05) is 69.3 Å². The predicted octanol–water partition coefficient (Wildman–Crippen LogP) is 8.12. The molecule has 15 nitrogen and oxygen atoms in total. The van der Waals surface area contributed by atoms with E-state index in [0.717, 1.165) is 56.4 Å². The predicted molar refractivity (Wildman–Crippen MR) is 272 cm³/mol. The number of anilines is 2. The molecule has 382 valence electrons. The minimum absolute atomic E-state index is 0.0321. The Morgan fingerprint density at radius 2 is 1.62 bits per heavy atom. The highest BCUT2D eigenvalue weighted by Gasteiger charge is 2.60. The fraction of sp³-hybridized carbons (Fsp3) is 0.396. The Morgan fingerprint density at radius 1 is 0.959 bits per heavy atom. The first kappa shape index (κ1) is 52.5. The molecule has 3 N–H and O–H groups in total. The largest absolute Gasteiger partial charge is 0.494 e. The lowest BCUT2D eigenvalue weighted by atomic mass is 9.75. The van der Waals surface area contributed by atoms with Crippen molar-refractivity contribution in [1.82, 2.24) is 25.5 Å². The molecule has 2 aromatic heterocycles. The number of nitrogens with zero attached hydrogens (tertiary/aromatic N) is 6. The van der Waals surface area contributed by atoms with Gasteiger partial charge in [-0.3, -0.25) is 24.1 Å². The Kier molecular flexibility index (Phi) is 15.6. The van der Waals surface area contributed by atoms with Gasteiger partial charge in [-0.05, 0) is 109 Å². The van der Waals surface area contributed by atoms with Crippen molar-refractivity contribution < 1.29 is 46.9 Å². The standard InChI is InChI=1S/C53H55F3N8O7S2/c1-32-45(73-31-60-32)36-10-8-33(9-11-36)27-59-47(67)43-25-39(65)29-62(43)48(68)46(51(2,3)4)61-44(66)30-70-22-5-6-23-71-40-18-14-35(15-19-40)34-12-16-37(17-13-34)64-50(72)63(49(69)52(64)20-7-21-52)38-24-41(53(54,55)56)42(26-57)58-28-38/h8-19,24,28,31,39,43,46,65H,5-7,20-23,25,27,29-30H2,1-4H3,(H,59,67)(H,61,66)/t39-,43?,46-/m1/s1. The number of thiazole rings is 1. The van der Waals surface area contributed by atoms with E-state index in [-0.39, 0.29) is 49.4 Å². The van der Waals surface area contributed by atoms with E-state index in [1.54, 1.807) is 21.7 Å². The summed E-state index contributed by atoms with van der Waals surface area (Å²) >= 11 is 7.30. The molecule has 3 aromatic carbocycles. The van der Waals surface area contributed by atoms with Crippen LogP contribution in [0.5, 0.6) is 5.75 Å². The molecule has 3 fully saturated rings. The van der Waals surface area contributed by atoms with Crippen molar-refractivity contribution in [3.8, 4) is 33.4 Å². The van der Waals surface area contributed by atoms with Crippen LogP contribution < -0.4 is 25.2 Å². The molecule has 20 heteroatoms. The van der Waals surface area contributed by atoms with Crippen LogP contribution in [0, 0.1) is 23.7 Å². The minimum Gasteiger partial charge on any atom is -0.494 e. The highest BCUT2D eigenvalue weighted by Crippen LogP contribution is 2.48. The van der Waals surface area contributed by atoms with E-state index >= 15 is 0 Å². The smallest absolute Gasteiger partial charge is 0.419 e. The van der Waals surface area contributed by atoms with Gasteiger partial charge < -0.3 is 35.0 Å². The highest BCUT2D eigenvalue weighted by atomic mass is 32.1. The molecule has 3 atom stereocenters. The number of unbranched alkanes of at least 4 members (excludes halogenated alkanes) is 1. The topological polar surface area (TPSA) is 190 Å². The van der Waals surface area contributed by atoms with Crippen molar-refractivity contribution in [3.05, 3.63) is 113 Å². The molecule has 1 spiro atoms. The van der Waals surface area contributed by atoms with Crippen molar-refractivity contribution in [3.63, 3.8) is 0 Å². The van der Waals surface area contributed by atoms with Gasteiger partial charge in [-0.15, -0.1) is 11.3 Å². The van der Waals surface area contributed by atoms with Crippen LogP contribution in [0.2, 0.25) is 0 Å². The molecule has 73 heavy (non-hydrogen) atoms. The van der Waals surface area contributed by atoms with Crippen LogP contribution in [0.15, 0.2) is 90.6 Å². The number of aliphatic hydroxyl groups is 1. The molecular weight excluding hydrogens is 982 g/mol. The maximum atomic E-state index is 14.0. The molecule has 3 aliphatic rings. The van der Waals surface area contributed by atoms with Crippen molar-refractivity contribution in [2.45, 2.75) is 103 Å². The average molecular weight is 1040 g/mol. The number of likely N-dealkylation sites (tertiary alicyclic amines) is 1. The summed E-state index contributed by atoms with van der Waals surface area (Å²) in [6.07, 6.45) is -1.68. The average Bonchev–Trinajstić information content (AvgIpc) is 4.04. The minimum atomic E-state index is -4.86. The van der Waals surface area contributed by atoms with Crippen LogP contribution >= 0.6 is 23.6 Å². The number of aryl methyl sites for hydroxylation is 1. The Balaban J connectivity index is 0.773. The van der Waals surface area contributed by atoms with Gasteiger partial charge in [0.1, 0.15) is 36.0 Å². The van der Waals surface area contributed by atoms with Crippen LogP contribution in [0.3, 0.4) is 0 Å². The molecule has 5 aromatic rings. The molecule has 0 bridgehead atoms. The summed E-state index contributed by atoms with van der Waals surface area (Å²) in [7, 11) is 0. The highest BCUT2D eigenvalue weighted by molar-refractivity contribution is 7.81. The Labute approximate surface area is 430 Å². The van der Waals surface area contributed by atoms with Gasteiger partial charge in [0, 0.05) is 31.8 Å². The van der Waals surface area contributed by atoms with Crippen molar-refractivity contribution in [2.24, 2.45) is 5.41 Å². The molecule has 2 saturated heterocycles. The number of halogens is 3.